The summed E-state index contributed by atoms with van der Waals surface area (Å²) in [5, 5.41) is 11.9. The molecule has 0 amide bonds. The van der Waals surface area contributed by atoms with E-state index in [1.54, 1.807) is 49.4 Å². The van der Waals surface area contributed by atoms with Crippen molar-refractivity contribution in [2.24, 2.45) is 5.16 Å². The molecule has 2 aromatic carbocycles. The number of nitrogens with zero attached hydrogens (tertiary/aromatic N) is 4. The number of hydrogen-bond acceptors (Lipinski definition) is 9. The number of esters is 1. The van der Waals surface area contributed by atoms with Crippen LogP contribution in [0.1, 0.15) is 12.5 Å². The first kappa shape index (κ1) is 18.4. The van der Waals surface area contributed by atoms with Gasteiger partial charge in [-0.15, -0.1) is 5.10 Å². The van der Waals surface area contributed by atoms with Crippen molar-refractivity contribution in [1.29, 1.82) is 0 Å². The summed E-state index contributed by atoms with van der Waals surface area (Å²) in [6, 6.07) is 12.1. The molecule has 0 aliphatic carbocycles. The van der Waals surface area contributed by atoms with Crippen LogP contribution in [0, 0.1) is 0 Å². The first-order valence-corrected chi connectivity index (χ1v) is 8.66. The van der Waals surface area contributed by atoms with Crippen LogP contribution >= 0.6 is 0 Å². The second-order valence-corrected chi connectivity index (χ2v) is 6.07. The van der Waals surface area contributed by atoms with E-state index in [9.17, 15) is 9.59 Å². The van der Waals surface area contributed by atoms with Gasteiger partial charge in [0.2, 0.25) is 13.4 Å². The van der Waals surface area contributed by atoms with Crippen LogP contribution in [0.3, 0.4) is 0 Å². The fraction of sp³-hybridized carbons (Fsp3) is 0.211. The number of aromatic nitrogens is 3. The molecule has 29 heavy (non-hydrogen) atoms. The van der Waals surface area contributed by atoms with Crippen LogP contribution in [-0.2, 0) is 21.1 Å². The van der Waals surface area contributed by atoms with Crippen LogP contribution in [-0.4, -0.2) is 40.1 Å². The molecule has 0 fully saturated rings. The highest BCUT2D eigenvalue weighted by Gasteiger charge is 2.14. The van der Waals surface area contributed by atoms with E-state index < -0.39 is 18.1 Å². The van der Waals surface area contributed by atoms with Crippen LogP contribution in [0.2, 0.25) is 0 Å². The maximum Gasteiger partial charge on any atom is 0.348 e. The molecule has 1 aliphatic rings. The third-order valence-electron chi connectivity index (χ3n) is 4.15. The van der Waals surface area contributed by atoms with Crippen molar-refractivity contribution >= 4 is 22.6 Å². The predicted molar refractivity (Wildman–Crippen MR) is 101 cm³/mol. The Hall–Kier alpha value is -3.95. The third-order valence-corrected chi connectivity index (χ3v) is 4.15. The van der Waals surface area contributed by atoms with Gasteiger partial charge in [-0.3, -0.25) is 4.79 Å². The maximum absolute atomic E-state index is 12.3. The molecule has 10 nitrogen and oxygen atoms in total. The van der Waals surface area contributed by atoms with E-state index >= 15 is 0 Å². The number of carbonyl (C=O) groups is 1. The van der Waals surface area contributed by atoms with Crippen LogP contribution in [0.5, 0.6) is 11.5 Å². The summed E-state index contributed by atoms with van der Waals surface area (Å²) in [6.07, 6.45) is 0. The molecule has 3 aromatic rings. The Labute approximate surface area is 164 Å². The van der Waals surface area contributed by atoms with Gasteiger partial charge in [0.1, 0.15) is 5.52 Å². The van der Waals surface area contributed by atoms with E-state index in [2.05, 4.69) is 15.5 Å². The normalized spacial score (nSPS) is 12.8. The molecule has 1 aromatic heterocycles. The number of rotatable bonds is 6. The van der Waals surface area contributed by atoms with Gasteiger partial charge in [-0.25, -0.2) is 4.79 Å². The molecular weight excluding hydrogens is 380 g/mol. The number of carbonyl (C=O) groups excluding carboxylic acids is 1. The van der Waals surface area contributed by atoms with Gasteiger partial charge >= 0.3 is 5.97 Å². The zero-order chi connectivity index (χ0) is 20.2. The Balaban J connectivity index is 1.32. The second kappa shape index (κ2) is 7.97. The Bertz CT molecular complexity index is 1160. The topological polar surface area (TPSA) is 114 Å². The number of fused-ring (bicyclic) bond motifs is 2. The van der Waals surface area contributed by atoms with Gasteiger partial charge in [0.05, 0.1) is 11.1 Å². The molecule has 0 spiro atoms. The average molecular weight is 396 g/mol. The molecule has 0 unspecified atom stereocenters. The SMILES string of the molecule is C/C(=N/OCC(=O)OCn1nnc2ccccc2c1=O)c1ccc2c(c1)OCO2. The highest BCUT2D eigenvalue weighted by molar-refractivity contribution is 5.99. The van der Waals surface area contributed by atoms with Crippen molar-refractivity contribution in [2.45, 2.75) is 13.7 Å². The minimum absolute atomic E-state index is 0.183. The third kappa shape index (κ3) is 4.00. The summed E-state index contributed by atoms with van der Waals surface area (Å²) in [7, 11) is 0. The standard InChI is InChI=1S/C19H16N4O6/c1-12(13-6-7-16-17(8-13)28-11-27-16)21-29-9-18(24)26-10-23-19(25)14-4-2-3-5-15(14)20-22-23/h2-8H,9-11H2,1H3/b21-12-. The van der Waals surface area contributed by atoms with Gasteiger partial charge in [-0.1, -0.05) is 22.5 Å². The molecule has 0 saturated carbocycles. The van der Waals surface area contributed by atoms with Crippen molar-refractivity contribution in [3.63, 3.8) is 0 Å². The average Bonchev–Trinajstić information content (AvgIpc) is 3.21. The van der Waals surface area contributed by atoms with Crippen LogP contribution < -0.4 is 15.0 Å². The minimum atomic E-state index is -0.700. The Morgan fingerprint density at radius 3 is 2.93 bits per heavy atom. The Morgan fingerprint density at radius 1 is 1.21 bits per heavy atom. The molecule has 2 heterocycles. The largest absolute Gasteiger partial charge is 0.454 e. The smallest absolute Gasteiger partial charge is 0.348 e. The molecule has 0 bridgehead atoms. The summed E-state index contributed by atoms with van der Waals surface area (Å²) in [4.78, 5) is 29.2. The van der Waals surface area contributed by atoms with Crippen molar-refractivity contribution in [1.82, 2.24) is 15.0 Å². The monoisotopic (exact) mass is 396 g/mol. The van der Waals surface area contributed by atoms with Gasteiger partial charge in [0, 0.05) is 5.56 Å². The van der Waals surface area contributed by atoms with Gasteiger partial charge < -0.3 is 19.0 Å². The maximum atomic E-state index is 12.3. The van der Waals surface area contributed by atoms with E-state index in [1.807, 2.05) is 0 Å². The van der Waals surface area contributed by atoms with E-state index in [-0.39, 0.29) is 13.5 Å². The highest BCUT2D eigenvalue weighted by atomic mass is 16.7. The fourth-order valence-corrected chi connectivity index (χ4v) is 2.64. The number of ether oxygens (including phenoxy) is 3. The Kier molecular flexibility index (Phi) is 5.06. The minimum Gasteiger partial charge on any atom is -0.454 e. The van der Waals surface area contributed by atoms with Crippen molar-refractivity contribution in [3.05, 3.63) is 58.4 Å². The van der Waals surface area contributed by atoms with Gasteiger partial charge in [0.25, 0.3) is 5.56 Å². The van der Waals surface area contributed by atoms with E-state index in [4.69, 9.17) is 19.0 Å². The first-order chi connectivity index (χ1) is 14.1. The molecule has 1 aliphatic heterocycles. The summed E-state index contributed by atoms with van der Waals surface area (Å²) in [5.41, 5.74) is 1.38. The summed E-state index contributed by atoms with van der Waals surface area (Å²) in [6.45, 7) is 1.12. The molecule has 148 valence electrons. The summed E-state index contributed by atoms with van der Waals surface area (Å²) < 4.78 is 16.5. The highest BCUT2D eigenvalue weighted by Crippen LogP contribution is 2.32. The van der Waals surface area contributed by atoms with E-state index in [0.717, 1.165) is 10.2 Å². The molecule has 0 radical (unpaired) electrons. The zero-order valence-corrected chi connectivity index (χ0v) is 15.4. The van der Waals surface area contributed by atoms with Gasteiger partial charge in [-0.2, -0.15) is 4.68 Å². The van der Waals surface area contributed by atoms with Crippen LogP contribution in [0.25, 0.3) is 10.9 Å². The van der Waals surface area contributed by atoms with Gasteiger partial charge in [-0.05, 0) is 37.3 Å². The van der Waals surface area contributed by atoms with Gasteiger partial charge in [0.15, 0.2) is 18.2 Å². The molecule has 4 rings (SSSR count). The van der Waals surface area contributed by atoms with Crippen LogP contribution in [0.15, 0.2) is 52.4 Å². The fourth-order valence-electron chi connectivity index (χ4n) is 2.64. The lowest BCUT2D eigenvalue weighted by molar-refractivity contribution is -0.153. The molecule has 0 N–H and O–H groups in total. The van der Waals surface area contributed by atoms with Crippen LogP contribution in [0.4, 0.5) is 0 Å². The quantitative estimate of drug-likeness (QED) is 0.349. The number of benzene rings is 2. The first-order valence-electron chi connectivity index (χ1n) is 8.66. The van der Waals surface area contributed by atoms with Crippen molar-refractivity contribution in [2.75, 3.05) is 13.4 Å². The molecule has 0 saturated heterocycles. The van der Waals surface area contributed by atoms with Crippen molar-refractivity contribution < 1.29 is 23.8 Å². The lowest BCUT2D eigenvalue weighted by Gasteiger charge is -2.06. The predicted octanol–water partition coefficient (Wildman–Crippen LogP) is 1.46. The second-order valence-electron chi connectivity index (χ2n) is 6.07. The summed E-state index contributed by atoms with van der Waals surface area (Å²) in [5.74, 6) is 0.588. The molecular formula is C19H16N4O6. The lowest BCUT2D eigenvalue weighted by atomic mass is 10.1. The van der Waals surface area contributed by atoms with Crippen molar-refractivity contribution in [3.8, 4) is 11.5 Å². The zero-order valence-electron chi connectivity index (χ0n) is 15.4. The van der Waals surface area contributed by atoms with E-state index in [0.29, 0.717) is 28.1 Å². The molecule has 0 atom stereocenters. The lowest BCUT2D eigenvalue weighted by Crippen LogP contribution is -2.27. The van der Waals surface area contributed by atoms with E-state index in [1.165, 1.54) is 0 Å². The number of oxime groups is 1. The number of hydrogen-bond donors (Lipinski definition) is 0. The summed E-state index contributed by atoms with van der Waals surface area (Å²) >= 11 is 0. The molecule has 10 heteroatoms. The Morgan fingerprint density at radius 2 is 2.03 bits per heavy atom.